The molecule has 1 heterocycles. The maximum absolute atomic E-state index is 12.2. The standard InChI is InChI=1S/C15H17ClN2O/c1-10-7-5-6-8-11(10)13-14(19)12(16)9-18(17-13)15(2,3)4/h5-9H,1-4H3. The number of halogens is 1. The van der Waals surface area contributed by atoms with Gasteiger partial charge in [0.1, 0.15) is 10.7 Å². The quantitative estimate of drug-likeness (QED) is 0.797. The van der Waals surface area contributed by atoms with Crippen LogP contribution in [0.4, 0.5) is 0 Å². The Morgan fingerprint density at radius 3 is 2.42 bits per heavy atom. The molecule has 0 radical (unpaired) electrons. The molecule has 0 aliphatic rings. The van der Waals surface area contributed by atoms with Crippen molar-refractivity contribution in [2.75, 3.05) is 0 Å². The zero-order chi connectivity index (χ0) is 14.2. The third-order valence-electron chi connectivity index (χ3n) is 2.96. The zero-order valence-corrected chi connectivity index (χ0v) is 12.3. The molecule has 0 fully saturated rings. The van der Waals surface area contributed by atoms with Gasteiger partial charge in [0.15, 0.2) is 0 Å². The molecule has 2 aromatic rings. The molecule has 4 heteroatoms. The second kappa shape index (κ2) is 4.82. The lowest BCUT2D eigenvalue weighted by atomic mass is 10.1. The van der Waals surface area contributed by atoms with Crippen molar-refractivity contribution in [3.63, 3.8) is 0 Å². The van der Waals surface area contributed by atoms with Gasteiger partial charge in [-0.15, -0.1) is 0 Å². The summed E-state index contributed by atoms with van der Waals surface area (Å²) in [6.07, 6.45) is 1.59. The summed E-state index contributed by atoms with van der Waals surface area (Å²) in [5, 5.41) is 4.65. The first kappa shape index (κ1) is 13.8. The van der Waals surface area contributed by atoms with Crippen LogP contribution in [0, 0.1) is 6.92 Å². The number of benzene rings is 1. The van der Waals surface area contributed by atoms with Gasteiger partial charge < -0.3 is 0 Å². The molecule has 100 valence electrons. The molecule has 0 atom stereocenters. The van der Waals surface area contributed by atoms with Crippen molar-refractivity contribution in [1.29, 1.82) is 0 Å². The molecule has 0 N–H and O–H groups in total. The van der Waals surface area contributed by atoms with Gasteiger partial charge in [-0.05, 0) is 33.3 Å². The topological polar surface area (TPSA) is 34.9 Å². The molecule has 1 aromatic heterocycles. The van der Waals surface area contributed by atoms with Crippen LogP contribution in [-0.2, 0) is 5.54 Å². The first-order chi connectivity index (χ1) is 8.80. The van der Waals surface area contributed by atoms with Crippen LogP contribution in [0.25, 0.3) is 11.3 Å². The van der Waals surface area contributed by atoms with Crippen LogP contribution in [0.1, 0.15) is 26.3 Å². The summed E-state index contributed by atoms with van der Waals surface area (Å²) in [6, 6.07) is 7.68. The summed E-state index contributed by atoms with van der Waals surface area (Å²) in [7, 11) is 0. The maximum atomic E-state index is 12.2. The maximum Gasteiger partial charge on any atom is 0.226 e. The monoisotopic (exact) mass is 276 g/mol. The van der Waals surface area contributed by atoms with Gasteiger partial charge in [0, 0.05) is 11.8 Å². The molecular formula is C15H17ClN2O. The fourth-order valence-corrected chi connectivity index (χ4v) is 2.00. The van der Waals surface area contributed by atoms with E-state index in [0.29, 0.717) is 5.69 Å². The van der Waals surface area contributed by atoms with E-state index in [4.69, 9.17) is 11.6 Å². The third kappa shape index (κ3) is 2.71. The van der Waals surface area contributed by atoms with Crippen molar-refractivity contribution in [2.24, 2.45) is 0 Å². The van der Waals surface area contributed by atoms with Crippen LogP contribution in [0.5, 0.6) is 0 Å². The van der Waals surface area contributed by atoms with Crippen molar-refractivity contribution in [2.45, 2.75) is 33.2 Å². The lowest BCUT2D eigenvalue weighted by molar-refractivity contribution is 0.349. The molecule has 0 saturated heterocycles. The van der Waals surface area contributed by atoms with Crippen molar-refractivity contribution >= 4 is 11.6 Å². The lowest BCUT2D eigenvalue weighted by Gasteiger charge is -2.22. The van der Waals surface area contributed by atoms with E-state index in [2.05, 4.69) is 5.10 Å². The first-order valence-electron chi connectivity index (χ1n) is 6.16. The Morgan fingerprint density at radius 2 is 1.84 bits per heavy atom. The molecule has 0 bridgehead atoms. The predicted octanol–water partition coefficient (Wildman–Crippen LogP) is 3.63. The minimum atomic E-state index is -0.227. The first-order valence-corrected chi connectivity index (χ1v) is 6.54. The van der Waals surface area contributed by atoms with Gasteiger partial charge in [-0.25, -0.2) is 0 Å². The summed E-state index contributed by atoms with van der Waals surface area (Å²) >= 11 is 6.05. The fraction of sp³-hybridized carbons (Fsp3) is 0.333. The van der Waals surface area contributed by atoms with E-state index in [-0.39, 0.29) is 16.0 Å². The van der Waals surface area contributed by atoms with Crippen LogP contribution in [0.3, 0.4) is 0 Å². The minimum Gasteiger partial charge on any atom is -0.286 e. The number of nitrogens with zero attached hydrogens (tertiary/aromatic N) is 2. The van der Waals surface area contributed by atoms with Crippen LogP contribution in [0.2, 0.25) is 5.02 Å². The highest BCUT2D eigenvalue weighted by atomic mass is 35.5. The predicted molar refractivity (Wildman–Crippen MR) is 78.7 cm³/mol. The van der Waals surface area contributed by atoms with Crippen LogP contribution in [0.15, 0.2) is 35.3 Å². The van der Waals surface area contributed by atoms with E-state index in [9.17, 15) is 4.79 Å². The number of hydrogen-bond acceptors (Lipinski definition) is 2. The SMILES string of the molecule is Cc1ccccc1-c1nn(C(C)(C)C)cc(Cl)c1=O. The van der Waals surface area contributed by atoms with Crippen molar-refractivity contribution < 1.29 is 0 Å². The molecule has 3 nitrogen and oxygen atoms in total. The number of rotatable bonds is 1. The molecule has 0 saturated carbocycles. The Balaban J connectivity index is 2.74. The second-order valence-electron chi connectivity index (χ2n) is 5.59. The normalized spacial score (nSPS) is 11.6. The van der Waals surface area contributed by atoms with Gasteiger partial charge in [0.2, 0.25) is 5.43 Å². The zero-order valence-electron chi connectivity index (χ0n) is 11.6. The molecule has 0 amide bonds. The second-order valence-corrected chi connectivity index (χ2v) is 5.99. The molecular weight excluding hydrogens is 260 g/mol. The number of aryl methyl sites for hydroxylation is 1. The summed E-state index contributed by atoms with van der Waals surface area (Å²) in [5.41, 5.74) is 1.79. The van der Waals surface area contributed by atoms with Crippen LogP contribution < -0.4 is 5.43 Å². The lowest BCUT2D eigenvalue weighted by Crippen LogP contribution is -2.27. The molecule has 1 aromatic carbocycles. The van der Waals surface area contributed by atoms with E-state index >= 15 is 0 Å². The van der Waals surface area contributed by atoms with E-state index in [0.717, 1.165) is 11.1 Å². The summed E-state index contributed by atoms with van der Waals surface area (Å²) in [6.45, 7) is 8.01. The average Bonchev–Trinajstić information content (AvgIpc) is 2.32. The van der Waals surface area contributed by atoms with Gasteiger partial charge in [-0.1, -0.05) is 35.9 Å². The van der Waals surface area contributed by atoms with Gasteiger partial charge in [0.05, 0.1) is 5.54 Å². The number of aromatic nitrogens is 2. The molecule has 2 rings (SSSR count). The number of hydrogen-bond donors (Lipinski definition) is 0. The van der Waals surface area contributed by atoms with Crippen LogP contribution >= 0.6 is 11.6 Å². The highest BCUT2D eigenvalue weighted by Crippen LogP contribution is 2.21. The van der Waals surface area contributed by atoms with E-state index < -0.39 is 0 Å². The molecule has 0 spiro atoms. The molecule has 0 aliphatic carbocycles. The Morgan fingerprint density at radius 1 is 1.21 bits per heavy atom. The van der Waals surface area contributed by atoms with Crippen molar-refractivity contribution in [3.8, 4) is 11.3 Å². The molecule has 0 unspecified atom stereocenters. The summed E-state index contributed by atoms with van der Waals surface area (Å²) in [5.74, 6) is 0. The fourth-order valence-electron chi connectivity index (χ4n) is 1.82. The largest absolute Gasteiger partial charge is 0.286 e. The molecule has 0 aliphatic heterocycles. The van der Waals surface area contributed by atoms with Gasteiger partial charge in [-0.3, -0.25) is 9.48 Å². The smallest absolute Gasteiger partial charge is 0.226 e. The van der Waals surface area contributed by atoms with Gasteiger partial charge in [-0.2, -0.15) is 5.10 Å². The van der Waals surface area contributed by atoms with E-state index in [1.165, 1.54) is 0 Å². The average molecular weight is 277 g/mol. The Bertz CT molecular complexity index is 669. The van der Waals surface area contributed by atoms with Crippen LogP contribution in [-0.4, -0.2) is 9.78 Å². The van der Waals surface area contributed by atoms with Gasteiger partial charge in [0.25, 0.3) is 0 Å². The summed E-state index contributed by atoms with van der Waals surface area (Å²) in [4.78, 5) is 12.2. The Kier molecular flexibility index (Phi) is 3.50. The van der Waals surface area contributed by atoms with E-state index in [1.54, 1.807) is 10.9 Å². The Labute approximate surface area is 117 Å². The van der Waals surface area contributed by atoms with E-state index in [1.807, 2.05) is 52.0 Å². The molecule has 19 heavy (non-hydrogen) atoms. The highest BCUT2D eigenvalue weighted by molar-refractivity contribution is 6.30. The highest BCUT2D eigenvalue weighted by Gasteiger charge is 2.18. The summed E-state index contributed by atoms with van der Waals surface area (Å²) < 4.78 is 1.73. The minimum absolute atomic E-state index is 0.197. The van der Waals surface area contributed by atoms with Gasteiger partial charge >= 0.3 is 0 Å². The third-order valence-corrected chi connectivity index (χ3v) is 3.23. The van der Waals surface area contributed by atoms with Crippen molar-refractivity contribution in [1.82, 2.24) is 9.78 Å². The Hall–Kier alpha value is -1.61. The van der Waals surface area contributed by atoms with Crippen molar-refractivity contribution in [3.05, 3.63) is 51.3 Å².